The third kappa shape index (κ3) is 1.84. The second-order valence-electron chi connectivity index (χ2n) is 3.98. The van der Waals surface area contributed by atoms with E-state index >= 15 is 0 Å². The van der Waals surface area contributed by atoms with Gasteiger partial charge in [0.1, 0.15) is 0 Å². The van der Waals surface area contributed by atoms with E-state index in [1.165, 1.54) is 0 Å². The van der Waals surface area contributed by atoms with Gasteiger partial charge in [0.15, 0.2) is 5.82 Å². The number of aliphatic hydroxyl groups excluding tert-OH is 1. The number of hydrogen-bond donors (Lipinski definition) is 1. The summed E-state index contributed by atoms with van der Waals surface area (Å²) < 4.78 is 1.83. The van der Waals surface area contributed by atoms with Crippen LogP contribution in [0, 0.1) is 20.8 Å². The molecule has 0 fully saturated rings. The summed E-state index contributed by atoms with van der Waals surface area (Å²) in [4.78, 5) is 4.33. The molecule has 0 aromatic carbocycles. The molecule has 2 aromatic heterocycles. The third-order valence-corrected chi connectivity index (χ3v) is 2.50. The van der Waals surface area contributed by atoms with Crippen LogP contribution < -0.4 is 0 Å². The van der Waals surface area contributed by atoms with Crippen molar-refractivity contribution in [1.29, 1.82) is 0 Å². The van der Waals surface area contributed by atoms with Crippen LogP contribution in [0.1, 0.15) is 22.5 Å². The highest BCUT2D eigenvalue weighted by Crippen LogP contribution is 2.15. The molecule has 1 N–H and O–H groups in total. The van der Waals surface area contributed by atoms with Gasteiger partial charge in [-0.25, -0.2) is 9.67 Å². The van der Waals surface area contributed by atoms with Crippen LogP contribution in [0.5, 0.6) is 0 Å². The van der Waals surface area contributed by atoms with Gasteiger partial charge in [0, 0.05) is 11.9 Å². The maximum absolute atomic E-state index is 9.02. The standard InChI is InChI=1S/C12H15N3O/c1-8-4-11(7-16)6-13-12(8)15-10(3)5-9(2)14-15/h4-6,16H,7H2,1-3H3. The van der Waals surface area contributed by atoms with Crippen LogP contribution in [0.2, 0.25) is 0 Å². The van der Waals surface area contributed by atoms with Gasteiger partial charge >= 0.3 is 0 Å². The summed E-state index contributed by atoms with van der Waals surface area (Å²) in [5.41, 5.74) is 3.87. The predicted molar refractivity (Wildman–Crippen MR) is 61.5 cm³/mol. The molecule has 4 nitrogen and oxygen atoms in total. The van der Waals surface area contributed by atoms with E-state index in [9.17, 15) is 0 Å². The van der Waals surface area contributed by atoms with Gasteiger partial charge in [-0.15, -0.1) is 0 Å². The predicted octanol–water partition coefficient (Wildman–Crippen LogP) is 1.68. The maximum atomic E-state index is 9.02. The van der Waals surface area contributed by atoms with Crippen molar-refractivity contribution in [1.82, 2.24) is 14.8 Å². The minimum Gasteiger partial charge on any atom is -0.392 e. The Morgan fingerprint density at radius 3 is 2.50 bits per heavy atom. The number of rotatable bonds is 2. The number of aryl methyl sites for hydroxylation is 3. The van der Waals surface area contributed by atoms with Gasteiger partial charge in [0.2, 0.25) is 0 Å². The molecule has 2 rings (SSSR count). The van der Waals surface area contributed by atoms with Crippen LogP contribution in [0.25, 0.3) is 5.82 Å². The summed E-state index contributed by atoms with van der Waals surface area (Å²) >= 11 is 0. The maximum Gasteiger partial charge on any atom is 0.156 e. The summed E-state index contributed by atoms with van der Waals surface area (Å²) in [7, 11) is 0. The van der Waals surface area contributed by atoms with Crippen molar-refractivity contribution >= 4 is 0 Å². The Balaban J connectivity index is 2.52. The van der Waals surface area contributed by atoms with E-state index in [0.29, 0.717) is 0 Å². The fourth-order valence-corrected chi connectivity index (χ4v) is 1.78. The second-order valence-corrected chi connectivity index (χ2v) is 3.98. The highest BCUT2D eigenvalue weighted by Gasteiger charge is 2.08. The van der Waals surface area contributed by atoms with Gasteiger partial charge in [-0.3, -0.25) is 0 Å². The monoisotopic (exact) mass is 217 g/mol. The second kappa shape index (κ2) is 4.06. The lowest BCUT2D eigenvalue weighted by Gasteiger charge is -2.07. The highest BCUT2D eigenvalue weighted by atomic mass is 16.3. The van der Waals surface area contributed by atoms with Crippen LogP contribution >= 0.6 is 0 Å². The van der Waals surface area contributed by atoms with Crippen molar-refractivity contribution in [2.75, 3.05) is 0 Å². The lowest BCUT2D eigenvalue weighted by Crippen LogP contribution is -2.05. The first-order chi connectivity index (χ1) is 7.61. The molecule has 0 aliphatic rings. The zero-order valence-electron chi connectivity index (χ0n) is 9.73. The normalized spacial score (nSPS) is 10.8. The first-order valence-electron chi connectivity index (χ1n) is 5.22. The van der Waals surface area contributed by atoms with Crippen LogP contribution in [0.4, 0.5) is 0 Å². The molecule has 0 atom stereocenters. The Kier molecular flexibility index (Phi) is 2.75. The Morgan fingerprint density at radius 2 is 2.00 bits per heavy atom. The molecular formula is C12H15N3O. The summed E-state index contributed by atoms with van der Waals surface area (Å²) in [6.45, 7) is 5.95. The fraction of sp³-hybridized carbons (Fsp3) is 0.333. The highest BCUT2D eigenvalue weighted by molar-refractivity contribution is 5.36. The average Bonchev–Trinajstić information content (AvgIpc) is 2.57. The zero-order valence-corrected chi connectivity index (χ0v) is 9.73. The minimum absolute atomic E-state index is 0.0191. The van der Waals surface area contributed by atoms with E-state index in [0.717, 1.165) is 28.3 Å². The van der Waals surface area contributed by atoms with E-state index in [2.05, 4.69) is 10.1 Å². The summed E-state index contributed by atoms with van der Waals surface area (Å²) in [6.07, 6.45) is 1.68. The van der Waals surface area contributed by atoms with Crippen molar-refractivity contribution in [2.45, 2.75) is 27.4 Å². The Bertz CT molecular complexity index is 517. The summed E-state index contributed by atoms with van der Waals surface area (Å²) in [5.74, 6) is 0.822. The third-order valence-electron chi connectivity index (χ3n) is 2.50. The van der Waals surface area contributed by atoms with Crippen molar-refractivity contribution in [2.24, 2.45) is 0 Å². The smallest absolute Gasteiger partial charge is 0.156 e. The lowest BCUT2D eigenvalue weighted by molar-refractivity contribution is 0.281. The number of hydrogen-bond acceptors (Lipinski definition) is 3. The molecule has 0 spiro atoms. The van der Waals surface area contributed by atoms with Crippen molar-refractivity contribution in [3.05, 3.63) is 40.8 Å². The van der Waals surface area contributed by atoms with E-state index in [1.807, 2.05) is 37.6 Å². The Morgan fingerprint density at radius 1 is 1.25 bits per heavy atom. The molecule has 84 valence electrons. The molecule has 2 heterocycles. The van der Waals surface area contributed by atoms with E-state index < -0.39 is 0 Å². The van der Waals surface area contributed by atoms with E-state index in [4.69, 9.17) is 5.11 Å². The quantitative estimate of drug-likeness (QED) is 0.832. The first-order valence-corrected chi connectivity index (χ1v) is 5.22. The van der Waals surface area contributed by atoms with Gasteiger partial charge in [-0.1, -0.05) is 0 Å². The lowest BCUT2D eigenvalue weighted by atomic mass is 10.2. The molecule has 16 heavy (non-hydrogen) atoms. The van der Waals surface area contributed by atoms with Crippen LogP contribution in [-0.4, -0.2) is 19.9 Å². The van der Waals surface area contributed by atoms with Crippen LogP contribution in [0.15, 0.2) is 18.3 Å². The average molecular weight is 217 g/mol. The van der Waals surface area contributed by atoms with Gasteiger partial charge in [0.05, 0.1) is 12.3 Å². The fourth-order valence-electron chi connectivity index (χ4n) is 1.78. The van der Waals surface area contributed by atoms with Gasteiger partial charge in [-0.2, -0.15) is 5.10 Å². The number of aliphatic hydroxyl groups is 1. The van der Waals surface area contributed by atoms with E-state index in [1.54, 1.807) is 6.20 Å². The van der Waals surface area contributed by atoms with Gasteiger partial charge in [-0.05, 0) is 44.0 Å². The van der Waals surface area contributed by atoms with Crippen LogP contribution in [-0.2, 0) is 6.61 Å². The number of nitrogens with zero attached hydrogens (tertiary/aromatic N) is 3. The van der Waals surface area contributed by atoms with Gasteiger partial charge in [0.25, 0.3) is 0 Å². The Hall–Kier alpha value is -1.68. The molecule has 0 aliphatic heterocycles. The largest absolute Gasteiger partial charge is 0.392 e. The molecule has 0 unspecified atom stereocenters. The Labute approximate surface area is 94.6 Å². The molecule has 4 heteroatoms. The first kappa shape index (κ1) is 10.8. The molecular weight excluding hydrogens is 202 g/mol. The number of aromatic nitrogens is 3. The molecule has 2 aromatic rings. The molecule has 0 amide bonds. The molecule has 0 saturated carbocycles. The van der Waals surface area contributed by atoms with Crippen molar-refractivity contribution in [3.63, 3.8) is 0 Å². The molecule has 0 bridgehead atoms. The minimum atomic E-state index is 0.0191. The molecule has 0 radical (unpaired) electrons. The number of pyridine rings is 1. The molecule has 0 aliphatic carbocycles. The zero-order chi connectivity index (χ0) is 11.7. The van der Waals surface area contributed by atoms with Crippen molar-refractivity contribution < 1.29 is 5.11 Å². The van der Waals surface area contributed by atoms with Gasteiger partial charge < -0.3 is 5.11 Å². The SMILES string of the molecule is Cc1cc(C)n(-c2ncc(CO)cc2C)n1. The topological polar surface area (TPSA) is 50.9 Å². The van der Waals surface area contributed by atoms with Crippen LogP contribution in [0.3, 0.4) is 0 Å². The molecule has 0 saturated heterocycles. The summed E-state index contributed by atoms with van der Waals surface area (Å²) in [6, 6.07) is 3.94. The summed E-state index contributed by atoms with van der Waals surface area (Å²) in [5, 5.41) is 13.4. The van der Waals surface area contributed by atoms with Crippen molar-refractivity contribution in [3.8, 4) is 5.82 Å². The van der Waals surface area contributed by atoms with E-state index in [-0.39, 0.29) is 6.61 Å².